The minimum Gasteiger partial charge on any atom is -0.388 e. The summed E-state index contributed by atoms with van der Waals surface area (Å²) in [5.41, 5.74) is 0.438. The predicted molar refractivity (Wildman–Crippen MR) is 69.9 cm³/mol. The first-order valence-electron chi connectivity index (χ1n) is 6.60. The van der Waals surface area contributed by atoms with E-state index >= 15 is 0 Å². The summed E-state index contributed by atoms with van der Waals surface area (Å²) in [6, 6.07) is 3.57. The molecule has 106 valence electrons. The van der Waals surface area contributed by atoms with Gasteiger partial charge in [0.05, 0.1) is 6.10 Å². The standard InChI is InChI=1S/C14H20F2N2O/c1-17-6-8-18(9-7-17)5-4-14(19)11-2-3-12(15)13(16)10-11/h2-3,10,14,19H,4-9H2,1H3. The van der Waals surface area contributed by atoms with Gasteiger partial charge in [-0.05, 0) is 31.2 Å². The molecule has 0 bridgehead atoms. The molecule has 1 fully saturated rings. The van der Waals surface area contributed by atoms with E-state index in [1.54, 1.807) is 0 Å². The Labute approximate surface area is 112 Å². The van der Waals surface area contributed by atoms with Gasteiger partial charge in [-0.2, -0.15) is 0 Å². The molecule has 0 radical (unpaired) electrons. The van der Waals surface area contributed by atoms with E-state index in [4.69, 9.17) is 0 Å². The van der Waals surface area contributed by atoms with E-state index in [2.05, 4.69) is 16.8 Å². The normalized spacial score (nSPS) is 19.6. The summed E-state index contributed by atoms with van der Waals surface area (Å²) < 4.78 is 25.9. The first kappa shape index (κ1) is 14.4. The number of rotatable bonds is 4. The van der Waals surface area contributed by atoms with Crippen molar-refractivity contribution in [1.82, 2.24) is 9.80 Å². The molecule has 5 heteroatoms. The van der Waals surface area contributed by atoms with Crippen LogP contribution in [0.15, 0.2) is 18.2 Å². The Morgan fingerprint density at radius 3 is 2.47 bits per heavy atom. The van der Waals surface area contributed by atoms with E-state index in [1.165, 1.54) is 6.07 Å². The first-order valence-corrected chi connectivity index (χ1v) is 6.60. The van der Waals surface area contributed by atoms with Gasteiger partial charge in [0.1, 0.15) is 0 Å². The van der Waals surface area contributed by atoms with E-state index in [1.807, 2.05) is 0 Å². The molecule has 0 amide bonds. The molecular weight excluding hydrogens is 250 g/mol. The summed E-state index contributed by atoms with van der Waals surface area (Å²) in [4.78, 5) is 4.55. The van der Waals surface area contributed by atoms with Gasteiger partial charge in [0.25, 0.3) is 0 Å². The largest absolute Gasteiger partial charge is 0.388 e. The highest BCUT2D eigenvalue weighted by atomic mass is 19.2. The van der Waals surface area contributed by atoms with Gasteiger partial charge < -0.3 is 14.9 Å². The number of likely N-dealkylation sites (N-methyl/N-ethyl adjacent to an activating group) is 1. The van der Waals surface area contributed by atoms with Gasteiger partial charge >= 0.3 is 0 Å². The Kier molecular flexibility index (Phi) is 4.85. The maximum atomic E-state index is 13.1. The van der Waals surface area contributed by atoms with Crippen LogP contribution in [0.1, 0.15) is 18.1 Å². The second-order valence-corrected chi connectivity index (χ2v) is 5.12. The molecule has 0 spiro atoms. The van der Waals surface area contributed by atoms with Crippen molar-refractivity contribution in [2.24, 2.45) is 0 Å². The smallest absolute Gasteiger partial charge is 0.159 e. The second-order valence-electron chi connectivity index (χ2n) is 5.12. The lowest BCUT2D eigenvalue weighted by atomic mass is 10.1. The third-order valence-corrected chi connectivity index (χ3v) is 3.64. The molecule has 2 rings (SSSR count). The number of piperazine rings is 1. The van der Waals surface area contributed by atoms with E-state index in [0.717, 1.165) is 44.9 Å². The fourth-order valence-electron chi connectivity index (χ4n) is 2.26. The van der Waals surface area contributed by atoms with Crippen LogP contribution in [0.5, 0.6) is 0 Å². The highest BCUT2D eigenvalue weighted by molar-refractivity contribution is 5.19. The maximum absolute atomic E-state index is 13.1. The number of hydrogen-bond acceptors (Lipinski definition) is 3. The molecule has 0 saturated carbocycles. The molecule has 19 heavy (non-hydrogen) atoms. The molecule has 1 unspecified atom stereocenters. The van der Waals surface area contributed by atoms with Crippen molar-refractivity contribution in [3.05, 3.63) is 35.4 Å². The van der Waals surface area contributed by atoms with Crippen LogP contribution in [-0.2, 0) is 0 Å². The minimum absolute atomic E-state index is 0.438. The average molecular weight is 270 g/mol. The fourth-order valence-corrected chi connectivity index (χ4v) is 2.26. The molecular formula is C14H20F2N2O. The van der Waals surface area contributed by atoms with Crippen LogP contribution in [0.2, 0.25) is 0 Å². The van der Waals surface area contributed by atoms with Gasteiger partial charge in [0.2, 0.25) is 0 Å². The fraction of sp³-hybridized carbons (Fsp3) is 0.571. The Bertz CT molecular complexity index is 420. The van der Waals surface area contributed by atoms with Gasteiger partial charge in [-0.15, -0.1) is 0 Å². The van der Waals surface area contributed by atoms with Crippen LogP contribution >= 0.6 is 0 Å². The quantitative estimate of drug-likeness (QED) is 0.901. The molecule has 1 heterocycles. The van der Waals surface area contributed by atoms with Crippen molar-refractivity contribution in [2.75, 3.05) is 39.8 Å². The summed E-state index contributed by atoms with van der Waals surface area (Å²) in [6.07, 6.45) is -0.204. The monoisotopic (exact) mass is 270 g/mol. The van der Waals surface area contributed by atoms with E-state index < -0.39 is 17.7 Å². The molecule has 1 N–H and O–H groups in total. The zero-order valence-corrected chi connectivity index (χ0v) is 11.1. The van der Waals surface area contributed by atoms with Crippen LogP contribution in [0, 0.1) is 11.6 Å². The van der Waals surface area contributed by atoms with Gasteiger partial charge in [-0.25, -0.2) is 8.78 Å². The summed E-state index contributed by atoms with van der Waals surface area (Å²) >= 11 is 0. The van der Waals surface area contributed by atoms with Crippen molar-refractivity contribution < 1.29 is 13.9 Å². The molecule has 0 aliphatic carbocycles. The molecule has 1 aliphatic rings. The van der Waals surface area contributed by atoms with Crippen molar-refractivity contribution in [2.45, 2.75) is 12.5 Å². The predicted octanol–water partition coefficient (Wildman–Crippen LogP) is 1.64. The third kappa shape index (κ3) is 3.96. The van der Waals surface area contributed by atoms with E-state index in [-0.39, 0.29) is 0 Å². The van der Waals surface area contributed by atoms with Crippen LogP contribution in [0.4, 0.5) is 8.78 Å². The molecule has 1 aromatic carbocycles. The topological polar surface area (TPSA) is 26.7 Å². The van der Waals surface area contributed by atoms with Crippen LogP contribution < -0.4 is 0 Å². The van der Waals surface area contributed by atoms with Crippen molar-refractivity contribution >= 4 is 0 Å². The molecule has 3 nitrogen and oxygen atoms in total. The highest BCUT2D eigenvalue weighted by Gasteiger charge is 2.16. The Morgan fingerprint density at radius 1 is 1.16 bits per heavy atom. The Hall–Kier alpha value is -1.04. The molecule has 1 atom stereocenters. The average Bonchev–Trinajstić information content (AvgIpc) is 2.41. The summed E-state index contributed by atoms with van der Waals surface area (Å²) in [7, 11) is 2.09. The lowest BCUT2D eigenvalue weighted by molar-refractivity contribution is 0.112. The number of aliphatic hydroxyl groups excluding tert-OH is 1. The van der Waals surface area contributed by atoms with Gasteiger partial charge in [0, 0.05) is 32.7 Å². The maximum Gasteiger partial charge on any atom is 0.159 e. The summed E-state index contributed by atoms with van der Waals surface area (Å²) in [5, 5.41) is 9.99. The lowest BCUT2D eigenvalue weighted by Gasteiger charge is -2.32. The van der Waals surface area contributed by atoms with E-state index in [9.17, 15) is 13.9 Å². The van der Waals surface area contributed by atoms with Crippen molar-refractivity contribution in [1.29, 1.82) is 0 Å². The number of nitrogens with zero attached hydrogens (tertiary/aromatic N) is 2. The van der Waals surface area contributed by atoms with Gasteiger partial charge in [0.15, 0.2) is 11.6 Å². The van der Waals surface area contributed by atoms with Crippen LogP contribution in [0.3, 0.4) is 0 Å². The van der Waals surface area contributed by atoms with Crippen molar-refractivity contribution in [3.8, 4) is 0 Å². The zero-order chi connectivity index (χ0) is 13.8. The van der Waals surface area contributed by atoms with Crippen LogP contribution in [-0.4, -0.2) is 54.7 Å². The molecule has 1 aliphatic heterocycles. The zero-order valence-electron chi connectivity index (χ0n) is 11.1. The van der Waals surface area contributed by atoms with Crippen LogP contribution in [0.25, 0.3) is 0 Å². The first-order chi connectivity index (χ1) is 9.06. The number of hydrogen-bond donors (Lipinski definition) is 1. The second kappa shape index (κ2) is 6.41. The SMILES string of the molecule is CN1CCN(CCC(O)c2ccc(F)c(F)c2)CC1. The van der Waals surface area contributed by atoms with E-state index in [0.29, 0.717) is 12.0 Å². The molecule has 0 aromatic heterocycles. The number of halogens is 2. The van der Waals surface area contributed by atoms with Gasteiger partial charge in [-0.3, -0.25) is 0 Å². The lowest BCUT2D eigenvalue weighted by Crippen LogP contribution is -2.44. The Morgan fingerprint density at radius 2 is 1.84 bits per heavy atom. The van der Waals surface area contributed by atoms with Gasteiger partial charge in [-0.1, -0.05) is 6.07 Å². The molecule has 1 aromatic rings. The minimum atomic E-state index is -0.906. The third-order valence-electron chi connectivity index (χ3n) is 3.64. The summed E-state index contributed by atoms with van der Waals surface area (Å²) in [5.74, 6) is -1.79. The highest BCUT2D eigenvalue weighted by Crippen LogP contribution is 2.19. The van der Waals surface area contributed by atoms with Crippen molar-refractivity contribution in [3.63, 3.8) is 0 Å². The number of benzene rings is 1. The summed E-state index contributed by atoms with van der Waals surface area (Å²) in [6.45, 7) is 4.80. The molecule has 1 saturated heterocycles. The number of aliphatic hydroxyl groups is 1. The Balaban J connectivity index is 1.83.